The fourth-order valence-electron chi connectivity index (χ4n) is 1.93. The van der Waals surface area contributed by atoms with Gasteiger partial charge in [-0.1, -0.05) is 6.92 Å². The molecule has 0 aromatic carbocycles. The van der Waals surface area contributed by atoms with Crippen LogP contribution in [-0.2, 0) is 0 Å². The summed E-state index contributed by atoms with van der Waals surface area (Å²) >= 11 is 0. The van der Waals surface area contributed by atoms with Crippen LogP contribution in [0.1, 0.15) is 39.0 Å². The molecule has 0 rings (SSSR count). The van der Waals surface area contributed by atoms with Gasteiger partial charge in [-0.2, -0.15) is 0 Å². The van der Waals surface area contributed by atoms with Crippen molar-refractivity contribution < 1.29 is 5.11 Å². The van der Waals surface area contributed by atoms with Crippen LogP contribution in [0.4, 0.5) is 0 Å². The highest BCUT2D eigenvalue weighted by atomic mass is 16.3. The first-order valence-corrected chi connectivity index (χ1v) is 6.41. The van der Waals surface area contributed by atoms with Crippen molar-refractivity contribution in [2.24, 2.45) is 0 Å². The molecule has 3 nitrogen and oxygen atoms in total. The van der Waals surface area contributed by atoms with E-state index in [0.29, 0.717) is 0 Å². The maximum absolute atomic E-state index is 10.4. The maximum atomic E-state index is 10.4. The summed E-state index contributed by atoms with van der Waals surface area (Å²) in [6, 6.07) is 0. The van der Waals surface area contributed by atoms with Gasteiger partial charge in [0.15, 0.2) is 0 Å². The van der Waals surface area contributed by atoms with Gasteiger partial charge in [0, 0.05) is 0 Å². The van der Waals surface area contributed by atoms with Crippen molar-refractivity contribution in [1.82, 2.24) is 9.80 Å². The summed E-state index contributed by atoms with van der Waals surface area (Å²) in [6.07, 6.45) is 4.89. The van der Waals surface area contributed by atoms with E-state index in [1.807, 2.05) is 0 Å². The first-order chi connectivity index (χ1) is 7.39. The molecule has 1 N–H and O–H groups in total. The molecule has 0 unspecified atom stereocenters. The normalized spacial score (nSPS) is 12.8. The van der Waals surface area contributed by atoms with E-state index in [-0.39, 0.29) is 0 Å². The fourth-order valence-corrected chi connectivity index (χ4v) is 1.93. The molecule has 0 aliphatic rings. The Hall–Kier alpha value is -0.120. The molecule has 0 heterocycles. The van der Waals surface area contributed by atoms with Crippen molar-refractivity contribution in [1.29, 1.82) is 0 Å². The van der Waals surface area contributed by atoms with Crippen LogP contribution in [0.3, 0.4) is 0 Å². The van der Waals surface area contributed by atoms with Crippen molar-refractivity contribution in [3.8, 4) is 0 Å². The molecule has 98 valence electrons. The van der Waals surface area contributed by atoms with Crippen molar-refractivity contribution in [3.05, 3.63) is 0 Å². The molecule has 0 aromatic heterocycles. The number of aliphatic hydroxyl groups is 1. The summed E-state index contributed by atoms with van der Waals surface area (Å²) < 4.78 is 0. The van der Waals surface area contributed by atoms with Gasteiger partial charge < -0.3 is 14.9 Å². The van der Waals surface area contributed by atoms with Crippen LogP contribution in [-0.4, -0.2) is 61.8 Å². The largest absolute Gasteiger partial charge is 0.390 e. The van der Waals surface area contributed by atoms with E-state index in [1.54, 1.807) is 0 Å². The molecule has 0 aliphatic carbocycles. The zero-order chi connectivity index (χ0) is 12.6. The Labute approximate surface area is 101 Å². The molecule has 0 saturated carbocycles. The lowest BCUT2D eigenvalue weighted by molar-refractivity contribution is 0.0123. The number of nitrogens with zero attached hydrogens (tertiary/aromatic N) is 2. The average Bonchev–Trinajstić information content (AvgIpc) is 2.16. The van der Waals surface area contributed by atoms with Gasteiger partial charge in [0.05, 0.1) is 5.60 Å². The van der Waals surface area contributed by atoms with Gasteiger partial charge in [0.25, 0.3) is 0 Å². The summed E-state index contributed by atoms with van der Waals surface area (Å²) in [6.45, 7) is 4.22. The van der Waals surface area contributed by atoms with Gasteiger partial charge in [0.2, 0.25) is 0 Å². The van der Waals surface area contributed by atoms with Gasteiger partial charge in [-0.15, -0.1) is 0 Å². The van der Waals surface area contributed by atoms with Crippen LogP contribution in [0.15, 0.2) is 0 Å². The van der Waals surface area contributed by atoms with E-state index in [2.05, 4.69) is 44.9 Å². The zero-order valence-electron chi connectivity index (χ0n) is 11.8. The number of hydrogen-bond donors (Lipinski definition) is 1. The molecule has 0 fully saturated rings. The lowest BCUT2D eigenvalue weighted by Gasteiger charge is -2.28. The van der Waals surface area contributed by atoms with Crippen molar-refractivity contribution >= 4 is 0 Å². The van der Waals surface area contributed by atoms with E-state index in [1.165, 1.54) is 0 Å². The third-order valence-corrected chi connectivity index (χ3v) is 3.15. The van der Waals surface area contributed by atoms with Gasteiger partial charge in [0.1, 0.15) is 0 Å². The molecule has 0 saturated heterocycles. The van der Waals surface area contributed by atoms with Gasteiger partial charge in [-0.25, -0.2) is 0 Å². The predicted molar refractivity (Wildman–Crippen MR) is 70.8 cm³/mol. The van der Waals surface area contributed by atoms with Crippen LogP contribution in [0, 0.1) is 0 Å². The molecule has 0 radical (unpaired) electrons. The van der Waals surface area contributed by atoms with Gasteiger partial charge in [-0.3, -0.25) is 0 Å². The Morgan fingerprint density at radius 2 is 1.25 bits per heavy atom. The molecule has 0 bridgehead atoms. The average molecular weight is 230 g/mol. The Balaban J connectivity index is 3.81. The highest BCUT2D eigenvalue weighted by Gasteiger charge is 2.23. The molecular weight excluding hydrogens is 200 g/mol. The van der Waals surface area contributed by atoms with E-state index in [9.17, 15) is 5.11 Å². The first kappa shape index (κ1) is 15.9. The van der Waals surface area contributed by atoms with Crippen LogP contribution >= 0.6 is 0 Å². The quantitative estimate of drug-likeness (QED) is 0.654. The van der Waals surface area contributed by atoms with Crippen LogP contribution < -0.4 is 0 Å². The topological polar surface area (TPSA) is 26.7 Å². The van der Waals surface area contributed by atoms with E-state index in [4.69, 9.17) is 0 Å². The summed E-state index contributed by atoms with van der Waals surface area (Å²) in [7, 11) is 8.32. The number of hydrogen-bond acceptors (Lipinski definition) is 3. The van der Waals surface area contributed by atoms with E-state index < -0.39 is 5.60 Å². The lowest BCUT2D eigenvalue weighted by Crippen LogP contribution is -2.30. The smallest absolute Gasteiger partial charge is 0.0646 e. The lowest BCUT2D eigenvalue weighted by atomic mass is 9.89. The van der Waals surface area contributed by atoms with Crippen LogP contribution in [0.25, 0.3) is 0 Å². The first-order valence-electron chi connectivity index (χ1n) is 6.41. The predicted octanol–water partition coefficient (Wildman–Crippen LogP) is 1.81. The second-order valence-corrected chi connectivity index (χ2v) is 5.39. The minimum Gasteiger partial charge on any atom is -0.390 e. The van der Waals surface area contributed by atoms with E-state index in [0.717, 1.165) is 45.2 Å². The third kappa shape index (κ3) is 8.08. The number of rotatable bonds is 9. The molecule has 3 heteroatoms. The molecule has 0 atom stereocenters. The molecule has 0 aliphatic heterocycles. The fraction of sp³-hybridized carbons (Fsp3) is 1.00. The van der Waals surface area contributed by atoms with Crippen molar-refractivity contribution in [2.75, 3.05) is 41.3 Å². The van der Waals surface area contributed by atoms with Gasteiger partial charge >= 0.3 is 0 Å². The Morgan fingerprint density at radius 3 is 1.50 bits per heavy atom. The van der Waals surface area contributed by atoms with Crippen molar-refractivity contribution in [3.63, 3.8) is 0 Å². The Kier molecular flexibility index (Phi) is 7.98. The molecule has 0 aromatic rings. The summed E-state index contributed by atoms with van der Waals surface area (Å²) in [4.78, 5) is 4.35. The van der Waals surface area contributed by atoms with Crippen LogP contribution in [0.5, 0.6) is 0 Å². The summed E-state index contributed by atoms with van der Waals surface area (Å²) in [5.41, 5.74) is -0.438. The summed E-state index contributed by atoms with van der Waals surface area (Å²) in [5, 5.41) is 10.4. The molecule has 0 spiro atoms. The van der Waals surface area contributed by atoms with Crippen LogP contribution in [0.2, 0.25) is 0 Å². The standard InChI is InChI=1S/C13H30N2O/c1-6-13(16,9-7-11-14(2)3)10-8-12-15(4)5/h16H,6-12H2,1-5H3. The molecule has 0 amide bonds. The SMILES string of the molecule is CCC(O)(CCCN(C)C)CCCN(C)C. The highest BCUT2D eigenvalue weighted by molar-refractivity contribution is 4.77. The second-order valence-electron chi connectivity index (χ2n) is 5.39. The monoisotopic (exact) mass is 230 g/mol. The Bertz CT molecular complexity index is 155. The Morgan fingerprint density at radius 1 is 0.875 bits per heavy atom. The van der Waals surface area contributed by atoms with Gasteiger partial charge in [-0.05, 0) is 73.4 Å². The molecular formula is C13H30N2O. The molecule has 16 heavy (non-hydrogen) atoms. The second kappa shape index (κ2) is 8.04. The summed E-state index contributed by atoms with van der Waals surface area (Å²) in [5.74, 6) is 0. The third-order valence-electron chi connectivity index (χ3n) is 3.15. The highest BCUT2D eigenvalue weighted by Crippen LogP contribution is 2.23. The maximum Gasteiger partial charge on any atom is 0.0646 e. The van der Waals surface area contributed by atoms with E-state index >= 15 is 0 Å². The minimum atomic E-state index is -0.438. The minimum absolute atomic E-state index is 0.438. The van der Waals surface area contributed by atoms with Crippen molar-refractivity contribution in [2.45, 2.75) is 44.6 Å². The zero-order valence-corrected chi connectivity index (χ0v) is 11.8.